The molecule has 0 radical (unpaired) electrons. The maximum atomic E-state index is 13.2. The summed E-state index contributed by atoms with van der Waals surface area (Å²) in [6.45, 7) is 0.179. The van der Waals surface area contributed by atoms with Crippen LogP contribution in [0.15, 0.2) is 16.6 Å². The van der Waals surface area contributed by atoms with Crippen molar-refractivity contribution in [1.29, 1.82) is 0 Å². The molecule has 78 valence electrons. The van der Waals surface area contributed by atoms with E-state index in [9.17, 15) is 13.9 Å². The van der Waals surface area contributed by atoms with Gasteiger partial charge in [0.2, 0.25) is 0 Å². The van der Waals surface area contributed by atoms with Crippen LogP contribution >= 0.6 is 15.9 Å². The van der Waals surface area contributed by atoms with E-state index in [0.29, 0.717) is 0 Å². The first-order valence-electron chi connectivity index (χ1n) is 4.04. The highest BCUT2D eigenvalue weighted by atomic mass is 79.9. The fraction of sp³-hybridized carbons (Fsp3) is 0.333. The summed E-state index contributed by atoms with van der Waals surface area (Å²) in [5.41, 5.74) is -0.0416. The van der Waals surface area contributed by atoms with Crippen molar-refractivity contribution < 1.29 is 13.9 Å². The first-order valence-corrected chi connectivity index (χ1v) is 4.83. The quantitative estimate of drug-likeness (QED) is 0.820. The van der Waals surface area contributed by atoms with E-state index in [1.165, 1.54) is 12.1 Å². The smallest absolute Gasteiger partial charge is 0.173 e. The third-order valence-corrected chi connectivity index (χ3v) is 2.43. The first kappa shape index (κ1) is 11.6. The third-order valence-electron chi connectivity index (χ3n) is 1.82. The SMILES string of the molecule is CNCC(O)c1ccc(Br)c(F)c1F. The summed E-state index contributed by atoms with van der Waals surface area (Å²) in [6.07, 6.45) is -1.04. The number of halogens is 3. The Morgan fingerprint density at radius 3 is 2.64 bits per heavy atom. The Kier molecular flexibility index (Phi) is 3.97. The maximum Gasteiger partial charge on any atom is 0.173 e. The summed E-state index contributed by atoms with van der Waals surface area (Å²) in [5, 5.41) is 12.1. The van der Waals surface area contributed by atoms with E-state index in [0.717, 1.165) is 0 Å². The normalized spacial score (nSPS) is 12.9. The van der Waals surface area contributed by atoms with E-state index in [-0.39, 0.29) is 16.6 Å². The van der Waals surface area contributed by atoms with Gasteiger partial charge in [-0.2, -0.15) is 0 Å². The maximum absolute atomic E-state index is 13.2. The highest BCUT2D eigenvalue weighted by molar-refractivity contribution is 9.10. The first-order chi connectivity index (χ1) is 6.57. The Morgan fingerprint density at radius 1 is 1.43 bits per heavy atom. The molecule has 5 heteroatoms. The fourth-order valence-electron chi connectivity index (χ4n) is 1.10. The summed E-state index contributed by atoms with van der Waals surface area (Å²) in [4.78, 5) is 0. The number of benzene rings is 1. The monoisotopic (exact) mass is 265 g/mol. The van der Waals surface area contributed by atoms with E-state index in [4.69, 9.17) is 0 Å². The van der Waals surface area contributed by atoms with E-state index >= 15 is 0 Å². The summed E-state index contributed by atoms with van der Waals surface area (Å²) in [7, 11) is 1.62. The fourth-order valence-corrected chi connectivity index (χ4v) is 1.41. The molecule has 1 unspecified atom stereocenters. The number of nitrogens with one attached hydrogen (secondary N) is 1. The molecule has 0 saturated heterocycles. The van der Waals surface area contributed by atoms with Crippen LogP contribution in [0.2, 0.25) is 0 Å². The molecule has 2 N–H and O–H groups in total. The number of aliphatic hydroxyl groups is 1. The average Bonchev–Trinajstić information content (AvgIpc) is 2.15. The number of aliphatic hydroxyl groups excluding tert-OH is 1. The number of hydrogen-bond acceptors (Lipinski definition) is 2. The van der Waals surface area contributed by atoms with Gasteiger partial charge in [-0.05, 0) is 29.0 Å². The zero-order chi connectivity index (χ0) is 10.7. The molecule has 0 aliphatic heterocycles. The lowest BCUT2D eigenvalue weighted by molar-refractivity contribution is 0.171. The molecule has 1 aromatic carbocycles. The van der Waals surface area contributed by atoms with Gasteiger partial charge in [0, 0.05) is 12.1 Å². The summed E-state index contributed by atoms with van der Waals surface area (Å²) in [6, 6.07) is 2.72. The molecule has 1 rings (SSSR count). The Labute approximate surface area is 89.1 Å². The van der Waals surface area contributed by atoms with Crippen LogP contribution in [0.1, 0.15) is 11.7 Å². The van der Waals surface area contributed by atoms with Crippen LogP contribution in [0, 0.1) is 11.6 Å². The van der Waals surface area contributed by atoms with Crippen molar-refractivity contribution in [2.45, 2.75) is 6.10 Å². The summed E-state index contributed by atoms with van der Waals surface area (Å²) in [5.74, 6) is -1.99. The summed E-state index contributed by atoms with van der Waals surface area (Å²) >= 11 is 2.86. The van der Waals surface area contributed by atoms with Crippen molar-refractivity contribution in [3.63, 3.8) is 0 Å². The van der Waals surface area contributed by atoms with Crippen molar-refractivity contribution in [2.24, 2.45) is 0 Å². The predicted octanol–water partition coefficient (Wildman–Crippen LogP) is 1.98. The van der Waals surface area contributed by atoms with Crippen molar-refractivity contribution in [3.8, 4) is 0 Å². The standard InChI is InChI=1S/C9H10BrF2NO/c1-13-4-7(14)5-2-3-6(10)9(12)8(5)11/h2-3,7,13-14H,4H2,1H3. The molecular weight excluding hydrogens is 256 g/mol. The van der Waals surface area contributed by atoms with Crippen molar-refractivity contribution in [3.05, 3.63) is 33.8 Å². The topological polar surface area (TPSA) is 32.3 Å². The van der Waals surface area contributed by atoms with Gasteiger partial charge in [0.15, 0.2) is 11.6 Å². The van der Waals surface area contributed by atoms with Gasteiger partial charge in [-0.15, -0.1) is 0 Å². The minimum absolute atomic E-state index is 0.0416. The molecule has 14 heavy (non-hydrogen) atoms. The van der Waals surface area contributed by atoms with Crippen molar-refractivity contribution in [1.82, 2.24) is 5.32 Å². The molecular formula is C9H10BrF2NO. The lowest BCUT2D eigenvalue weighted by Gasteiger charge is -2.11. The second kappa shape index (κ2) is 4.82. The van der Waals surface area contributed by atoms with Crippen LogP contribution in [0.4, 0.5) is 8.78 Å². The zero-order valence-electron chi connectivity index (χ0n) is 7.52. The lowest BCUT2D eigenvalue weighted by Crippen LogP contribution is -2.18. The van der Waals surface area contributed by atoms with Crippen LogP contribution in [-0.2, 0) is 0 Å². The van der Waals surface area contributed by atoms with E-state index < -0.39 is 17.7 Å². The molecule has 0 bridgehead atoms. The zero-order valence-corrected chi connectivity index (χ0v) is 9.11. The van der Waals surface area contributed by atoms with Gasteiger partial charge in [-0.1, -0.05) is 6.07 Å². The largest absolute Gasteiger partial charge is 0.387 e. The van der Waals surface area contributed by atoms with Crippen molar-refractivity contribution >= 4 is 15.9 Å². The Bertz CT molecular complexity index is 333. The average molecular weight is 266 g/mol. The van der Waals surface area contributed by atoms with Crippen LogP contribution in [-0.4, -0.2) is 18.7 Å². The van der Waals surface area contributed by atoms with Gasteiger partial charge in [-0.25, -0.2) is 8.78 Å². The molecule has 0 spiro atoms. The molecule has 0 aliphatic carbocycles. The molecule has 1 aromatic rings. The minimum Gasteiger partial charge on any atom is -0.387 e. The van der Waals surface area contributed by atoms with Gasteiger partial charge in [0.1, 0.15) is 0 Å². The molecule has 0 heterocycles. The number of likely N-dealkylation sites (N-methyl/N-ethyl adjacent to an activating group) is 1. The number of hydrogen-bond donors (Lipinski definition) is 2. The molecule has 2 nitrogen and oxygen atoms in total. The second-order valence-corrected chi connectivity index (χ2v) is 3.69. The van der Waals surface area contributed by atoms with Gasteiger partial charge in [0.05, 0.1) is 10.6 Å². The minimum atomic E-state index is -1.04. The number of rotatable bonds is 3. The summed E-state index contributed by atoms with van der Waals surface area (Å²) < 4.78 is 26.3. The molecule has 0 fully saturated rings. The molecule has 0 amide bonds. The van der Waals surface area contributed by atoms with Gasteiger partial charge >= 0.3 is 0 Å². The Balaban J connectivity index is 3.04. The van der Waals surface area contributed by atoms with Gasteiger partial charge in [-0.3, -0.25) is 0 Å². The van der Waals surface area contributed by atoms with Crippen LogP contribution in [0.3, 0.4) is 0 Å². The third kappa shape index (κ3) is 2.29. The van der Waals surface area contributed by atoms with E-state index in [1.807, 2.05) is 0 Å². The van der Waals surface area contributed by atoms with E-state index in [1.54, 1.807) is 7.05 Å². The lowest BCUT2D eigenvalue weighted by atomic mass is 10.1. The predicted molar refractivity (Wildman–Crippen MR) is 52.9 cm³/mol. The highest BCUT2D eigenvalue weighted by Crippen LogP contribution is 2.24. The Hall–Kier alpha value is -0.520. The molecule has 0 aromatic heterocycles. The van der Waals surface area contributed by atoms with Crippen LogP contribution < -0.4 is 5.32 Å². The van der Waals surface area contributed by atoms with Gasteiger partial charge < -0.3 is 10.4 Å². The molecule has 1 atom stereocenters. The molecule has 0 saturated carbocycles. The molecule has 0 aliphatic rings. The van der Waals surface area contributed by atoms with Gasteiger partial charge in [0.25, 0.3) is 0 Å². The van der Waals surface area contributed by atoms with Crippen LogP contribution in [0.25, 0.3) is 0 Å². The van der Waals surface area contributed by atoms with E-state index in [2.05, 4.69) is 21.2 Å². The highest BCUT2D eigenvalue weighted by Gasteiger charge is 2.17. The second-order valence-electron chi connectivity index (χ2n) is 2.84. The van der Waals surface area contributed by atoms with Crippen LogP contribution in [0.5, 0.6) is 0 Å². The Morgan fingerprint density at radius 2 is 2.07 bits per heavy atom. The van der Waals surface area contributed by atoms with Crippen molar-refractivity contribution in [2.75, 3.05) is 13.6 Å².